The second kappa shape index (κ2) is 4.60. The first-order valence-corrected chi connectivity index (χ1v) is 4.85. The maximum absolute atomic E-state index is 12.7. The summed E-state index contributed by atoms with van der Waals surface area (Å²) in [7, 11) is 0. The molecular weight excluding hydrogens is 217 g/mol. The van der Waals surface area contributed by atoms with Gasteiger partial charge < -0.3 is 4.74 Å². The van der Waals surface area contributed by atoms with Crippen molar-refractivity contribution >= 4 is 6.08 Å². The van der Waals surface area contributed by atoms with Crippen LogP contribution in [0.4, 0.5) is 13.2 Å². The van der Waals surface area contributed by atoms with Crippen molar-refractivity contribution in [3.05, 3.63) is 35.9 Å². The van der Waals surface area contributed by atoms with Crippen LogP contribution >= 0.6 is 0 Å². The summed E-state index contributed by atoms with van der Waals surface area (Å²) in [4.78, 5) is 0. The van der Waals surface area contributed by atoms with E-state index in [1.807, 2.05) is 0 Å². The molecule has 0 radical (unpaired) electrons. The maximum atomic E-state index is 12.7. The lowest BCUT2D eigenvalue weighted by atomic mass is 10.1. The summed E-state index contributed by atoms with van der Waals surface area (Å²) in [5, 5.41) is 0. The first kappa shape index (κ1) is 12.6. The van der Waals surface area contributed by atoms with Crippen molar-refractivity contribution in [3.8, 4) is 5.75 Å². The lowest BCUT2D eigenvalue weighted by Gasteiger charge is -2.16. The molecule has 0 aliphatic rings. The van der Waals surface area contributed by atoms with E-state index in [4.69, 9.17) is 4.74 Å². The predicted molar refractivity (Wildman–Crippen MR) is 57.3 cm³/mol. The summed E-state index contributed by atoms with van der Waals surface area (Å²) in [6, 6.07) is 3.89. The molecule has 0 fully saturated rings. The molecule has 16 heavy (non-hydrogen) atoms. The van der Waals surface area contributed by atoms with Gasteiger partial charge in [0.05, 0.1) is 11.7 Å². The summed E-state index contributed by atoms with van der Waals surface area (Å²) >= 11 is 0. The molecule has 0 saturated carbocycles. The average molecular weight is 230 g/mol. The number of ether oxygens (including phenoxy) is 1. The number of hydrogen-bond donors (Lipinski definition) is 0. The largest absolute Gasteiger partial charge is 0.490 e. The van der Waals surface area contributed by atoms with Crippen LogP contribution in [0.5, 0.6) is 5.75 Å². The van der Waals surface area contributed by atoms with E-state index in [1.165, 1.54) is 12.1 Å². The second-order valence-electron chi connectivity index (χ2n) is 3.62. The summed E-state index contributed by atoms with van der Waals surface area (Å²) < 4.78 is 43.2. The fourth-order valence-corrected chi connectivity index (χ4v) is 1.25. The highest BCUT2D eigenvalue weighted by molar-refractivity contribution is 5.52. The van der Waals surface area contributed by atoms with Crippen molar-refractivity contribution in [2.45, 2.75) is 26.1 Å². The van der Waals surface area contributed by atoms with Crippen LogP contribution in [-0.2, 0) is 6.18 Å². The Balaban J connectivity index is 3.22. The Morgan fingerprint density at radius 2 is 1.94 bits per heavy atom. The third-order valence-corrected chi connectivity index (χ3v) is 1.91. The lowest BCUT2D eigenvalue weighted by Crippen LogP contribution is -2.13. The van der Waals surface area contributed by atoms with Gasteiger partial charge in [-0.05, 0) is 31.5 Å². The Kier molecular flexibility index (Phi) is 3.62. The van der Waals surface area contributed by atoms with Crippen LogP contribution in [0.2, 0.25) is 0 Å². The van der Waals surface area contributed by atoms with Crippen LogP contribution in [0.1, 0.15) is 25.0 Å². The smallest absolute Gasteiger partial charge is 0.419 e. The normalized spacial score (nSPS) is 11.6. The zero-order valence-corrected chi connectivity index (χ0v) is 9.14. The second-order valence-corrected chi connectivity index (χ2v) is 3.62. The summed E-state index contributed by atoms with van der Waals surface area (Å²) in [6.07, 6.45) is -3.34. The number of halogens is 3. The van der Waals surface area contributed by atoms with Gasteiger partial charge in [0.1, 0.15) is 5.75 Å². The van der Waals surface area contributed by atoms with Crippen molar-refractivity contribution in [2.24, 2.45) is 0 Å². The molecular formula is C12H13F3O. The first-order valence-electron chi connectivity index (χ1n) is 4.85. The first-order chi connectivity index (χ1) is 7.34. The molecule has 1 aromatic carbocycles. The van der Waals surface area contributed by atoms with Gasteiger partial charge in [-0.2, -0.15) is 13.2 Å². The molecule has 0 atom stereocenters. The van der Waals surface area contributed by atoms with E-state index >= 15 is 0 Å². The van der Waals surface area contributed by atoms with Crippen LogP contribution < -0.4 is 4.74 Å². The molecule has 0 spiro atoms. The van der Waals surface area contributed by atoms with Crippen molar-refractivity contribution in [1.29, 1.82) is 0 Å². The Morgan fingerprint density at radius 1 is 1.31 bits per heavy atom. The molecule has 0 saturated heterocycles. The molecule has 4 heteroatoms. The standard InChI is InChI=1S/C12H13F3O/c1-4-9-5-6-11(16-8(2)3)10(7-9)12(13,14)15/h4-8H,1H2,2-3H3. The molecule has 0 aliphatic heterocycles. The van der Waals surface area contributed by atoms with Crippen molar-refractivity contribution in [1.82, 2.24) is 0 Å². The van der Waals surface area contributed by atoms with Crippen LogP contribution in [-0.4, -0.2) is 6.10 Å². The number of benzene rings is 1. The van der Waals surface area contributed by atoms with E-state index in [-0.39, 0.29) is 11.9 Å². The molecule has 88 valence electrons. The van der Waals surface area contributed by atoms with Crippen LogP contribution in [0.15, 0.2) is 24.8 Å². The molecule has 0 aromatic heterocycles. The Bertz CT molecular complexity index is 380. The lowest BCUT2D eigenvalue weighted by molar-refractivity contribution is -0.139. The van der Waals surface area contributed by atoms with Gasteiger partial charge in [0.15, 0.2) is 0 Å². The average Bonchev–Trinajstić information content (AvgIpc) is 2.15. The SMILES string of the molecule is C=Cc1ccc(OC(C)C)c(C(F)(F)F)c1. The molecule has 1 aromatic rings. The minimum atomic E-state index is -4.41. The van der Waals surface area contributed by atoms with Crippen molar-refractivity contribution in [3.63, 3.8) is 0 Å². The van der Waals surface area contributed by atoms with Crippen LogP contribution in [0, 0.1) is 0 Å². The predicted octanol–water partition coefficient (Wildman–Crippen LogP) is 4.14. The number of alkyl halides is 3. The van der Waals surface area contributed by atoms with Crippen molar-refractivity contribution < 1.29 is 17.9 Å². The summed E-state index contributed by atoms with van der Waals surface area (Å²) in [5.41, 5.74) is -0.345. The monoisotopic (exact) mass is 230 g/mol. The molecule has 1 rings (SSSR count). The molecule has 0 unspecified atom stereocenters. The van der Waals surface area contributed by atoms with Crippen molar-refractivity contribution in [2.75, 3.05) is 0 Å². The number of hydrogen-bond acceptors (Lipinski definition) is 1. The van der Waals surface area contributed by atoms with Crippen LogP contribution in [0.3, 0.4) is 0 Å². The van der Waals surface area contributed by atoms with E-state index in [0.717, 1.165) is 6.07 Å². The maximum Gasteiger partial charge on any atom is 0.419 e. The molecule has 0 amide bonds. The molecule has 0 aliphatic carbocycles. The third-order valence-electron chi connectivity index (χ3n) is 1.91. The highest BCUT2D eigenvalue weighted by Crippen LogP contribution is 2.37. The van der Waals surface area contributed by atoms with Gasteiger partial charge in [-0.1, -0.05) is 18.7 Å². The van der Waals surface area contributed by atoms with E-state index in [1.54, 1.807) is 19.9 Å². The quantitative estimate of drug-likeness (QED) is 0.758. The minimum absolute atomic E-state index is 0.145. The van der Waals surface area contributed by atoms with E-state index in [9.17, 15) is 13.2 Å². The summed E-state index contributed by atoms with van der Waals surface area (Å²) in [6.45, 7) is 6.80. The van der Waals surface area contributed by atoms with Gasteiger partial charge in [-0.3, -0.25) is 0 Å². The van der Waals surface area contributed by atoms with Gasteiger partial charge in [0.25, 0.3) is 0 Å². The minimum Gasteiger partial charge on any atom is -0.490 e. The highest BCUT2D eigenvalue weighted by atomic mass is 19.4. The topological polar surface area (TPSA) is 9.23 Å². The Hall–Kier alpha value is -1.45. The van der Waals surface area contributed by atoms with Gasteiger partial charge in [0.2, 0.25) is 0 Å². The van der Waals surface area contributed by atoms with E-state index < -0.39 is 11.7 Å². The molecule has 1 nitrogen and oxygen atoms in total. The zero-order chi connectivity index (χ0) is 12.3. The molecule has 0 heterocycles. The Labute approximate surface area is 92.5 Å². The fraction of sp³-hybridized carbons (Fsp3) is 0.333. The fourth-order valence-electron chi connectivity index (χ4n) is 1.25. The number of rotatable bonds is 3. The molecule has 0 N–H and O–H groups in total. The van der Waals surface area contributed by atoms with E-state index in [0.29, 0.717) is 5.56 Å². The van der Waals surface area contributed by atoms with Gasteiger partial charge in [0, 0.05) is 0 Å². The van der Waals surface area contributed by atoms with Crippen LogP contribution in [0.25, 0.3) is 6.08 Å². The molecule has 0 bridgehead atoms. The Morgan fingerprint density at radius 3 is 2.38 bits per heavy atom. The van der Waals surface area contributed by atoms with E-state index in [2.05, 4.69) is 6.58 Å². The van der Waals surface area contributed by atoms with Gasteiger partial charge in [-0.15, -0.1) is 0 Å². The van der Waals surface area contributed by atoms with Gasteiger partial charge >= 0.3 is 6.18 Å². The summed E-state index contributed by atoms with van der Waals surface area (Å²) in [5.74, 6) is -0.145. The zero-order valence-electron chi connectivity index (χ0n) is 9.14. The van der Waals surface area contributed by atoms with Gasteiger partial charge in [-0.25, -0.2) is 0 Å². The highest BCUT2D eigenvalue weighted by Gasteiger charge is 2.34. The third kappa shape index (κ3) is 3.02.